The number of hydrogen-bond donors (Lipinski definition) is 2. The maximum Gasteiger partial charge on any atom is 0.164 e. The Hall–Kier alpha value is -2.10. The van der Waals surface area contributed by atoms with Crippen LogP contribution in [0.1, 0.15) is 13.8 Å². The molecule has 0 aliphatic rings. The molecule has 1 aromatic carbocycles. The van der Waals surface area contributed by atoms with E-state index in [0.29, 0.717) is 5.69 Å². The van der Waals surface area contributed by atoms with Crippen LogP contribution >= 0.6 is 0 Å². The number of aliphatic hydroxyl groups is 1. The van der Waals surface area contributed by atoms with Gasteiger partial charge in [0.05, 0.1) is 11.3 Å². The molecule has 0 saturated heterocycles. The zero-order chi connectivity index (χ0) is 12.1. The van der Waals surface area contributed by atoms with E-state index in [4.69, 9.17) is 5.11 Å². The Bertz CT molecular complexity index is 440. The van der Waals surface area contributed by atoms with E-state index in [-0.39, 0.29) is 22.9 Å². The number of aliphatic hydroxyl groups excluding tert-OH is 1. The highest BCUT2D eigenvalue weighted by molar-refractivity contribution is 6.12. The van der Waals surface area contributed by atoms with Crippen LogP contribution in [0.2, 0.25) is 0 Å². The lowest BCUT2D eigenvalue weighted by Crippen LogP contribution is -2.01. The van der Waals surface area contributed by atoms with Gasteiger partial charge in [-0.2, -0.15) is 0 Å². The summed E-state index contributed by atoms with van der Waals surface area (Å²) >= 11 is 0. The van der Waals surface area contributed by atoms with Crippen molar-refractivity contribution in [3.8, 4) is 5.75 Å². The molecular formula is C12H13NO3. The molecule has 0 aromatic heterocycles. The third kappa shape index (κ3) is 3.24. The number of ketones is 1. The van der Waals surface area contributed by atoms with Gasteiger partial charge in [0.1, 0.15) is 11.5 Å². The van der Waals surface area contributed by atoms with Crippen molar-refractivity contribution in [3.63, 3.8) is 0 Å². The van der Waals surface area contributed by atoms with Crippen LogP contribution < -0.4 is 0 Å². The van der Waals surface area contributed by atoms with E-state index in [1.165, 1.54) is 32.2 Å². The summed E-state index contributed by atoms with van der Waals surface area (Å²) in [7, 11) is 0. The van der Waals surface area contributed by atoms with Crippen LogP contribution in [0, 0.1) is 0 Å². The number of nitrogens with zero attached hydrogens (tertiary/aromatic N) is 1. The quantitative estimate of drug-likeness (QED) is 0.466. The zero-order valence-corrected chi connectivity index (χ0v) is 9.14. The minimum Gasteiger partial charge on any atom is -0.512 e. The van der Waals surface area contributed by atoms with Gasteiger partial charge < -0.3 is 10.2 Å². The topological polar surface area (TPSA) is 69.9 Å². The fourth-order valence-corrected chi connectivity index (χ4v) is 1.12. The lowest BCUT2D eigenvalue weighted by Gasteiger charge is -1.98. The lowest BCUT2D eigenvalue weighted by molar-refractivity contribution is -0.113. The molecule has 0 bridgehead atoms. The number of aromatic hydroxyl groups is 1. The lowest BCUT2D eigenvalue weighted by atomic mass is 10.2. The maximum atomic E-state index is 11.1. The Morgan fingerprint density at radius 1 is 1.25 bits per heavy atom. The molecule has 4 nitrogen and oxygen atoms in total. The number of aliphatic imine (C=N–C) groups is 1. The molecule has 0 atom stereocenters. The van der Waals surface area contributed by atoms with Crippen LogP contribution in [0.3, 0.4) is 0 Å². The number of carbonyl (C=O) groups is 1. The van der Waals surface area contributed by atoms with E-state index >= 15 is 0 Å². The molecule has 0 radical (unpaired) electrons. The zero-order valence-electron chi connectivity index (χ0n) is 9.14. The van der Waals surface area contributed by atoms with Crippen LogP contribution in [0.4, 0.5) is 5.69 Å². The number of hydrogen-bond acceptors (Lipinski definition) is 4. The summed E-state index contributed by atoms with van der Waals surface area (Å²) in [6, 6.07) is 6.21. The van der Waals surface area contributed by atoms with E-state index in [0.717, 1.165) is 0 Å². The summed E-state index contributed by atoms with van der Waals surface area (Å²) in [5, 5.41) is 18.3. The molecule has 0 aliphatic carbocycles. The van der Waals surface area contributed by atoms with Gasteiger partial charge in [0.15, 0.2) is 5.78 Å². The number of carbonyl (C=O) groups excluding carboxylic acids is 1. The van der Waals surface area contributed by atoms with Gasteiger partial charge in [-0.05, 0) is 38.1 Å². The van der Waals surface area contributed by atoms with Crippen LogP contribution in [0.25, 0.3) is 0 Å². The molecule has 0 fully saturated rings. The van der Waals surface area contributed by atoms with E-state index in [1.54, 1.807) is 12.1 Å². The Labute approximate surface area is 93.6 Å². The van der Waals surface area contributed by atoms with Crippen molar-refractivity contribution < 1.29 is 15.0 Å². The molecule has 0 heterocycles. The highest BCUT2D eigenvalue weighted by Gasteiger charge is 2.04. The summed E-state index contributed by atoms with van der Waals surface area (Å²) in [5.41, 5.74) is 0.769. The molecule has 84 valence electrons. The average molecular weight is 219 g/mol. The van der Waals surface area contributed by atoms with Gasteiger partial charge in [-0.15, -0.1) is 0 Å². The molecule has 1 rings (SSSR count). The summed E-state index contributed by atoms with van der Waals surface area (Å²) < 4.78 is 0. The third-order valence-electron chi connectivity index (χ3n) is 1.96. The fraction of sp³-hybridized carbons (Fsp3) is 0.167. The van der Waals surface area contributed by atoms with Crippen molar-refractivity contribution in [1.82, 2.24) is 0 Å². The van der Waals surface area contributed by atoms with Crippen molar-refractivity contribution in [2.45, 2.75) is 13.8 Å². The van der Waals surface area contributed by atoms with Gasteiger partial charge in [0, 0.05) is 6.21 Å². The monoisotopic (exact) mass is 219 g/mol. The van der Waals surface area contributed by atoms with E-state index in [1.807, 2.05) is 0 Å². The Morgan fingerprint density at radius 2 is 1.81 bits per heavy atom. The molecule has 16 heavy (non-hydrogen) atoms. The summed E-state index contributed by atoms with van der Waals surface area (Å²) in [6.07, 6.45) is 1.31. The van der Waals surface area contributed by atoms with Crippen LogP contribution in [0.5, 0.6) is 5.75 Å². The second-order valence-electron chi connectivity index (χ2n) is 3.33. The average Bonchev–Trinajstić information content (AvgIpc) is 2.20. The highest BCUT2D eigenvalue weighted by atomic mass is 16.3. The first-order valence-electron chi connectivity index (χ1n) is 4.74. The molecule has 0 spiro atoms. The van der Waals surface area contributed by atoms with E-state index in [2.05, 4.69) is 4.99 Å². The van der Waals surface area contributed by atoms with Gasteiger partial charge in [-0.3, -0.25) is 9.79 Å². The third-order valence-corrected chi connectivity index (χ3v) is 1.96. The summed E-state index contributed by atoms with van der Waals surface area (Å²) in [4.78, 5) is 15.1. The first kappa shape index (κ1) is 12.0. The number of phenols is 1. The Balaban J connectivity index is 2.92. The second-order valence-corrected chi connectivity index (χ2v) is 3.33. The normalized spacial score (nSPS) is 12.6. The number of rotatable bonds is 3. The largest absolute Gasteiger partial charge is 0.512 e. The smallest absolute Gasteiger partial charge is 0.164 e. The van der Waals surface area contributed by atoms with Gasteiger partial charge >= 0.3 is 0 Å². The minimum atomic E-state index is -0.248. The first-order chi connectivity index (χ1) is 7.50. The maximum absolute atomic E-state index is 11.1. The fourth-order valence-electron chi connectivity index (χ4n) is 1.12. The van der Waals surface area contributed by atoms with Gasteiger partial charge in [-0.25, -0.2) is 0 Å². The van der Waals surface area contributed by atoms with Gasteiger partial charge in [0.25, 0.3) is 0 Å². The Kier molecular flexibility index (Phi) is 3.83. The summed E-state index contributed by atoms with van der Waals surface area (Å²) in [6.45, 7) is 2.79. The van der Waals surface area contributed by atoms with Crippen molar-refractivity contribution in [2.75, 3.05) is 0 Å². The van der Waals surface area contributed by atoms with E-state index < -0.39 is 0 Å². The van der Waals surface area contributed by atoms with Crippen molar-refractivity contribution in [1.29, 1.82) is 0 Å². The van der Waals surface area contributed by atoms with Crippen molar-refractivity contribution >= 4 is 17.7 Å². The molecule has 0 aliphatic heterocycles. The van der Waals surface area contributed by atoms with Gasteiger partial charge in [-0.1, -0.05) is 0 Å². The minimum absolute atomic E-state index is 0.0602. The van der Waals surface area contributed by atoms with Gasteiger partial charge in [0.2, 0.25) is 0 Å². The van der Waals surface area contributed by atoms with Crippen LogP contribution in [0.15, 0.2) is 40.6 Å². The second kappa shape index (κ2) is 5.11. The van der Waals surface area contributed by atoms with Crippen molar-refractivity contribution in [3.05, 3.63) is 35.6 Å². The highest BCUT2D eigenvalue weighted by Crippen LogP contribution is 2.16. The van der Waals surface area contributed by atoms with Crippen LogP contribution in [-0.4, -0.2) is 22.2 Å². The Morgan fingerprint density at radius 3 is 2.25 bits per heavy atom. The molecular weight excluding hydrogens is 206 g/mol. The number of Topliss-reactive ketones (excluding diaryl/α,β-unsaturated/α-hetero) is 1. The first-order valence-corrected chi connectivity index (χ1v) is 4.74. The summed E-state index contributed by atoms with van der Waals surface area (Å²) in [5.74, 6) is -0.155. The SMILES string of the molecule is CC(=O)C(C=Nc1ccc(O)cc1)=C(C)O. The van der Waals surface area contributed by atoms with Crippen molar-refractivity contribution in [2.24, 2.45) is 4.99 Å². The van der Waals surface area contributed by atoms with Crippen LogP contribution in [-0.2, 0) is 4.79 Å². The number of phenolic OH excluding ortho intramolecular Hbond substituents is 1. The molecule has 0 amide bonds. The van der Waals surface area contributed by atoms with E-state index in [9.17, 15) is 9.90 Å². The molecule has 0 saturated carbocycles. The molecule has 1 aromatic rings. The predicted molar refractivity (Wildman–Crippen MR) is 62.3 cm³/mol. The molecule has 4 heteroatoms. The molecule has 2 N–H and O–H groups in total. The number of benzene rings is 1. The standard InChI is InChI=1S/C12H13NO3/c1-8(14)12(9(2)15)7-13-10-3-5-11(16)6-4-10/h3-7,14,16H,1-2H3. The number of allylic oxidation sites excluding steroid dienone is 2. The predicted octanol–water partition coefficient (Wildman–Crippen LogP) is 2.52. The molecule has 0 unspecified atom stereocenters.